The molecule has 104 valence electrons. The van der Waals surface area contributed by atoms with Crippen molar-refractivity contribution >= 4 is 24.3 Å². The quantitative estimate of drug-likeness (QED) is 0.350. The third-order valence-corrected chi connectivity index (χ3v) is 3.28. The molecule has 0 aliphatic carbocycles. The third kappa shape index (κ3) is 2.46. The van der Waals surface area contributed by atoms with Crippen LogP contribution in [0.3, 0.4) is 0 Å². The van der Waals surface area contributed by atoms with Gasteiger partial charge in [0.15, 0.2) is 17.5 Å². The van der Waals surface area contributed by atoms with E-state index < -0.39 is 41.8 Å². The highest BCUT2D eigenvalue weighted by Crippen LogP contribution is 2.15. The Morgan fingerprint density at radius 1 is 0.750 bits per heavy atom. The van der Waals surface area contributed by atoms with E-state index in [0.29, 0.717) is 5.46 Å². The molecule has 2 aromatic carbocycles. The Labute approximate surface area is 112 Å². The van der Waals surface area contributed by atoms with Gasteiger partial charge in [-0.05, 0) is 5.56 Å². The van der Waals surface area contributed by atoms with Crippen LogP contribution < -0.4 is 10.9 Å². The van der Waals surface area contributed by atoms with Crippen molar-refractivity contribution in [2.45, 2.75) is 0 Å². The second-order valence-electron chi connectivity index (χ2n) is 4.56. The average Bonchev–Trinajstić information content (AvgIpc) is 2.48. The maximum absolute atomic E-state index is 13.5. The second-order valence-corrected chi connectivity index (χ2v) is 4.56. The van der Waals surface area contributed by atoms with Crippen molar-refractivity contribution in [3.05, 3.63) is 65.5 Å². The van der Waals surface area contributed by atoms with E-state index in [0.717, 1.165) is 5.56 Å². The lowest BCUT2D eigenvalue weighted by Crippen LogP contribution is -2.34. The second kappa shape index (κ2) is 5.49. The van der Waals surface area contributed by atoms with Crippen LogP contribution in [0.15, 0.2) is 30.8 Å². The summed E-state index contributed by atoms with van der Waals surface area (Å²) in [5.74, 6) is -9.41. The summed E-state index contributed by atoms with van der Waals surface area (Å²) in [6.45, 7) is 3.56. The molecule has 0 radical (unpaired) electrons. The van der Waals surface area contributed by atoms with Crippen molar-refractivity contribution in [1.29, 1.82) is 0 Å². The van der Waals surface area contributed by atoms with Crippen LogP contribution in [0.5, 0.6) is 0 Å². The number of hydrogen-bond donors (Lipinski definition) is 0. The van der Waals surface area contributed by atoms with Crippen molar-refractivity contribution in [1.82, 2.24) is 0 Å². The van der Waals surface area contributed by atoms with Crippen molar-refractivity contribution in [3.8, 4) is 0 Å². The fourth-order valence-electron chi connectivity index (χ4n) is 2.09. The molecule has 0 spiro atoms. The zero-order valence-corrected chi connectivity index (χ0v) is 10.5. The van der Waals surface area contributed by atoms with E-state index >= 15 is 0 Å². The molecule has 0 fully saturated rings. The standard InChI is InChI=1S/C14H9BF5/c1-2-7-3-5-8(6-4-7)15-9-10(16)12(18)14(20)13(19)11(9)17/h2-6H,1,15H2/q-1. The topological polar surface area (TPSA) is 0 Å². The lowest BCUT2D eigenvalue weighted by molar-refractivity contribution is 0.384. The Hall–Kier alpha value is -2.11. The predicted molar refractivity (Wildman–Crippen MR) is 70.6 cm³/mol. The third-order valence-electron chi connectivity index (χ3n) is 3.28. The van der Waals surface area contributed by atoms with Crippen LogP contribution in [0.4, 0.5) is 22.0 Å². The Morgan fingerprint density at radius 3 is 1.65 bits per heavy atom. The van der Waals surface area contributed by atoms with Gasteiger partial charge in [-0.25, -0.2) is 27.4 Å². The van der Waals surface area contributed by atoms with Crippen molar-refractivity contribution in [2.24, 2.45) is 0 Å². The molecule has 0 nitrogen and oxygen atoms in total. The van der Waals surface area contributed by atoms with Gasteiger partial charge in [-0.2, -0.15) is 0 Å². The molecule has 0 atom stereocenters. The van der Waals surface area contributed by atoms with Gasteiger partial charge in [0.25, 0.3) is 0 Å². The van der Waals surface area contributed by atoms with E-state index in [1.165, 1.54) is 0 Å². The summed E-state index contributed by atoms with van der Waals surface area (Å²) in [5.41, 5.74) is 0.643. The van der Waals surface area contributed by atoms with Gasteiger partial charge in [-0.15, -0.1) is 5.46 Å². The molecule has 0 aromatic heterocycles. The van der Waals surface area contributed by atoms with E-state index in [9.17, 15) is 22.0 Å². The van der Waals surface area contributed by atoms with Gasteiger partial charge in [-0.3, -0.25) is 0 Å². The molecule has 6 heteroatoms. The Kier molecular flexibility index (Phi) is 3.92. The minimum atomic E-state index is -2.13. The maximum Gasteiger partial charge on any atom is 0.200 e. The zero-order chi connectivity index (χ0) is 14.9. The summed E-state index contributed by atoms with van der Waals surface area (Å²) in [4.78, 5) is 0. The molecule has 0 aliphatic heterocycles. The molecule has 0 aliphatic rings. The number of benzene rings is 2. The Morgan fingerprint density at radius 2 is 1.20 bits per heavy atom. The molecular formula is C14H9BF5-. The largest absolute Gasteiger partial charge is 0.212 e. The number of rotatable bonds is 3. The summed E-state index contributed by atoms with van der Waals surface area (Å²) < 4.78 is 66.1. The first kappa shape index (κ1) is 14.3. The van der Waals surface area contributed by atoms with Gasteiger partial charge < -0.3 is 0 Å². The predicted octanol–water partition coefficient (Wildman–Crippen LogP) is 2.14. The maximum atomic E-state index is 13.5. The van der Waals surface area contributed by atoms with Crippen molar-refractivity contribution < 1.29 is 22.0 Å². The normalized spacial score (nSPS) is 10.7. The molecule has 20 heavy (non-hydrogen) atoms. The summed E-state index contributed by atoms with van der Waals surface area (Å²) in [6.07, 6.45) is 1.59. The summed E-state index contributed by atoms with van der Waals surface area (Å²) in [5, 5.41) is 0. The van der Waals surface area contributed by atoms with Crippen LogP contribution in [0.25, 0.3) is 6.08 Å². The van der Waals surface area contributed by atoms with E-state index in [2.05, 4.69) is 6.58 Å². The van der Waals surface area contributed by atoms with Crippen molar-refractivity contribution in [3.63, 3.8) is 0 Å². The van der Waals surface area contributed by atoms with E-state index in [4.69, 9.17) is 0 Å². The van der Waals surface area contributed by atoms with Crippen LogP contribution in [-0.2, 0) is 0 Å². The molecule has 0 saturated carbocycles. The van der Waals surface area contributed by atoms with Crippen LogP contribution >= 0.6 is 0 Å². The van der Waals surface area contributed by atoms with Gasteiger partial charge in [0.05, 0.1) is 0 Å². The molecule has 2 rings (SSSR count). The molecule has 0 amide bonds. The first-order valence-electron chi connectivity index (χ1n) is 5.96. The molecule has 0 bridgehead atoms. The highest BCUT2D eigenvalue weighted by molar-refractivity contribution is 6.67. The van der Waals surface area contributed by atoms with Gasteiger partial charge in [0.1, 0.15) is 11.6 Å². The van der Waals surface area contributed by atoms with E-state index in [1.54, 1.807) is 30.3 Å². The first-order valence-corrected chi connectivity index (χ1v) is 5.96. The zero-order valence-electron chi connectivity index (χ0n) is 10.5. The Bertz CT molecular complexity index is 635. The lowest BCUT2D eigenvalue weighted by atomic mass is 9.63. The molecular weight excluding hydrogens is 274 g/mol. The smallest absolute Gasteiger partial charge is 0.200 e. The SMILES string of the molecule is C=Cc1ccc([BH2-]c2c(F)c(F)c(F)c(F)c2F)cc1. The van der Waals surface area contributed by atoms with Gasteiger partial charge >= 0.3 is 0 Å². The highest BCUT2D eigenvalue weighted by Gasteiger charge is 2.21. The summed E-state index contributed by atoms with van der Waals surface area (Å²) in [7, 11) is -1.66. The molecule has 2 aromatic rings. The van der Waals surface area contributed by atoms with Crippen LogP contribution in [0.2, 0.25) is 0 Å². The minimum Gasteiger partial charge on any atom is -0.212 e. The lowest BCUT2D eigenvalue weighted by Gasteiger charge is -2.14. The molecule has 0 heterocycles. The van der Waals surface area contributed by atoms with Gasteiger partial charge in [-0.1, -0.05) is 36.9 Å². The van der Waals surface area contributed by atoms with Crippen LogP contribution in [-0.4, -0.2) is 7.28 Å². The van der Waals surface area contributed by atoms with E-state index in [-0.39, 0.29) is 0 Å². The molecule has 0 N–H and O–H groups in total. The number of hydrogen-bond acceptors (Lipinski definition) is 0. The fraction of sp³-hybridized carbons (Fsp3) is 0. The summed E-state index contributed by atoms with van der Waals surface area (Å²) in [6, 6.07) is 6.51. The fourth-order valence-corrected chi connectivity index (χ4v) is 2.09. The van der Waals surface area contributed by atoms with Crippen LogP contribution in [0, 0.1) is 29.1 Å². The minimum absolute atomic E-state index is 0.554. The summed E-state index contributed by atoms with van der Waals surface area (Å²) >= 11 is 0. The average molecular weight is 283 g/mol. The van der Waals surface area contributed by atoms with Crippen LogP contribution in [0.1, 0.15) is 5.56 Å². The Balaban J connectivity index is 2.45. The number of halogens is 5. The molecule has 0 saturated heterocycles. The van der Waals surface area contributed by atoms with E-state index in [1.807, 2.05) is 0 Å². The van der Waals surface area contributed by atoms with Gasteiger partial charge in [0.2, 0.25) is 0 Å². The first-order chi connectivity index (χ1) is 9.45. The monoisotopic (exact) mass is 283 g/mol. The van der Waals surface area contributed by atoms with Gasteiger partial charge in [0, 0.05) is 7.28 Å². The van der Waals surface area contributed by atoms with Crippen molar-refractivity contribution in [2.75, 3.05) is 0 Å². The highest BCUT2D eigenvalue weighted by atomic mass is 19.2. The molecule has 0 unspecified atom stereocenters.